The molecule has 1 amide bonds. The Labute approximate surface area is 192 Å². The maximum absolute atomic E-state index is 12.5. The van der Waals surface area contributed by atoms with Crippen LogP contribution in [0.2, 0.25) is 20.1 Å². The highest BCUT2D eigenvalue weighted by Gasteiger charge is 2.19. The highest BCUT2D eigenvalue weighted by Crippen LogP contribution is 2.28. The molecule has 152 valence electrons. The average molecular weight is 490 g/mol. The van der Waals surface area contributed by atoms with Gasteiger partial charge in [0, 0.05) is 18.4 Å². The number of carbonyl (C=O) groups excluding carboxylic acids is 1. The fourth-order valence-corrected chi connectivity index (χ4v) is 4.07. The molecule has 10 heteroatoms. The van der Waals surface area contributed by atoms with Crippen molar-refractivity contribution in [3.8, 4) is 0 Å². The number of rotatable bonds is 6. The van der Waals surface area contributed by atoms with Crippen LogP contribution >= 0.6 is 58.2 Å². The lowest BCUT2D eigenvalue weighted by Gasteiger charge is -2.14. The molecular formula is C19H16Cl4N4OS. The van der Waals surface area contributed by atoms with Crippen LogP contribution in [-0.4, -0.2) is 20.7 Å². The molecule has 5 nitrogen and oxygen atoms in total. The summed E-state index contributed by atoms with van der Waals surface area (Å²) in [6.45, 7) is 1.84. The monoisotopic (exact) mass is 488 g/mol. The van der Waals surface area contributed by atoms with Gasteiger partial charge in [-0.1, -0.05) is 64.2 Å². The van der Waals surface area contributed by atoms with Gasteiger partial charge in [0.2, 0.25) is 0 Å². The van der Waals surface area contributed by atoms with Crippen LogP contribution in [-0.2, 0) is 12.8 Å². The summed E-state index contributed by atoms with van der Waals surface area (Å²) in [5, 5.41) is 13.8. The molecule has 0 spiro atoms. The Hall–Kier alpha value is -1.44. The van der Waals surface area contributed by atoms with E-state index in [0.717, 1.165) is 10.7 Å². The van der Waals surface area contributed by atoms with Crippen molar-refractivity contribution in [2.24, 2.45) is 7.05 Å². The summed E-state index contributed by atoms with van der Waals surface area (Å²) in [6.07, 6.45) is 0. The molecule has 0 saturated carbocycles. The summed E-state index contributed by atoms with van der Waals surface area (Å²) in [6, 6.07) is 9.89. The highest BCUT2D eigenvalue weighted by atomic mass is 35.5. The number of hydrogen-bond donors (Lipinski definition) is 1. The topological polar surface area (TPSA) is 59.8 Å². The molecule has 1 heterocycles. The number of carbonyl (C=O) groups is 1. The first-order valence-corrected chi connectivity index (χ1v) is 11.0. The molecule has 1 aromatic heterocycles. The lowest BCUT2D eigenvalue weighted by Crippen LogP contribution is -2.28. The molecule has 0 radical (unpaired) electrons. The van der Waals surface area contributed by atoms with Crippen LogP contribution in [0.4, 0.5) is 0 Å². The molecular weight excluding hydrogens is 474 g/mol. The summed E-state index contributed by atoms with van der Waals surface area (Å²) >= 11 is 25.4. The standard InChI is InChI=1S/C19H16Cl4N4OS/c1-10(24-18(28)12-4-6-14(21)16(23)8-12)17-25-26-19(27(17)2)29-9-11-3-5-13(20)15(22)7-11/h3-8,10H,9H2,1-2H3,(H,24,28)/t10-/m0/s1. The minimum atomic E-state index is -0.353. The van der Waals surface area contributed by atoms with E-state index in [1.165, 1.54) is 17.8 Å². The summed E-state index contributed by atoms with van der Waals surface area (Å²) in [5.74, 6) is 1.02. The molecule has 2 aromatic carbocycles. The van der Waals surface area contributed by atoms with Crippen LogP contribution in [0.1, 0.15) is 34.7 Å². The minimum absolute atomic E-state index is 0.274. The van der Waals surface area contributed by atoms with Gasteiger partial charge in [0.15, 0.2) is 11.0 Å². The fraction of sp³-hybridized carbons (Fsp3) is 0.211. The predicted octanol–water partition coefficient (Wildman–Crippen LogP) is 6.21. The Balaban J connectivity index is 1.66. The van der Waals surface area contributed by atoms with Crippen LogP contribution in [0.25, 0.3) is 0 Å². The molecule has 0 unspecified atom stereocenters. The number of aromatic nitrogens is 3. The van der Waals surface area contributed by atoms with Gasteiger partial charge in [-0.2, -0.15) is 0 Å². The second kappa shape index (κ2) is 9.58. The molecule has 0 fully saturated rings. The third-order valence-electron chi connectivity index (χ3n) is 4.14. The average Bonchev–Trinajstić information content (AvgIpc) is 3.05. The Morgan fingerprint density at radius 2 is 1.69 bits per heavy atom. The van der Waals surface area contributed by atoms with Gasteiger partial charge in [0.25, 0.3) is 5.91 Å². The van der Waals surface area contributed by atoms with Gasteiger partial charge in [-0.3, -0.25) is 4.79 Å². The number of hydrogen-bond acceptors (Lipinski definition) is 4. The van der Waals surface area contributed by atoms with Gasteiger partial charge >= 0.3 is 0 Å². The molecule has 0 aliphatic rings. The lowest BCUT2D eigenvalue weighted by atomic mass is 10.2. The lowest BCUT2D eigenvalue weighted by molar-refractivity contribution is 0.0937. The number of amides is 1. The van der Waals surface area contributed by atoms with Crippen LogP contribution < -0.4 is 5.32 Å². The van der Waals surface area contributed by atoms with E-state index in [9.17, 15) is 4.79 Å². The maximum Gasteiger partial charge on any atom is 0.251 e. The first-order valence-electron chi connectivity index (χ1n) is 8.48. The highest BCUT2D eigenvalue weighted by molar-refractivity contribution is 7.98. The SMILES string of the molecule is C[C@H](NC(=O)c1ccc(Cl)c(Cl)c1)c1nnc(SCc2ccc(Cl)c(Cl)c2)n1C. The summed E-state index contributed by atoms with van der Waals surface area (Å²) in [5.41, 5.74) is 1.44. The second-order valence-corrected chi connectivity index (χ2v) is 8.83. The normalized spacial score (nSPS) is 12.1. The number of nitrogens with zero attached hydrogens (tertiary/aromatic N) is 3. The van der Waals surface area contributed by atoms with Gasteiger partial charge < -0.3 is 9.88 Å². The zero-order chi connectivity index (χ0) is 21.1. The van der Waals surface area contributed by atoms with Crippen LogP contribution in [0.5, 0.6) is 0 Å². The largest absolute Gasteiger partial charge is 0.342 e. The van der Waals surface area contributed by atoms with E-state index in [1.54, 1.807) is 18.2 Å². The zero-order valence-corrected chi connectivity index (χ0v) is 19.3. The number of halogens is 4. The maximum atomic E-state index is 12.5. The van der Waals surface area contributed by atoms with Gasteiger partial charge in [0.1, 0.15) is 0 Å². The van der Waals surface area contributed by atoms with E-state index in [-0.39, 0.29) is 11.9 Å². The van der Waals surface area contributed by atoms with Gasteiger partial charge in [0.05, 0.1) is 26.1 Å². The van der Waals surface area contributed by atoms with Gasteiger partial charge in [-0.05, 0) is 42.8 Å². The van der Waals surface area contributed by atoms with Gasteiger partial charge in [-0.25, -0.2) is 0 Å². The zero-order valence-electron chi connectivity index (χ0n) is 15.4. The summed E-state index contributed by atoms with van der Waals surface area (Å²) < 4.78 is 1.85. The summed E-state index contributed by atoms with van der Waals surface area (Å²) in [4.78, 5) is 12.5. The van der Waals surface area contributed by atoms with Crippen LogP contribution in [0.15, 0.2) is 41.6 Å². The Kier molecular flexibility index (Phi) is 7.35. The van der Waals surface area contributed by atoms with Crippen LogP contribution in [0.3, 0.4) is 0 Å². The molecule has 0 bridgehead atoms. The van der Waals surface area contributed by atoms with E-state index >= 15 is 0 Å². The fourth-order valence-electron chi connectivity index (χ4n) is 2.59. The van der Waals surface area contributed by atoms with E-state index in [0.29, 0.717) is 37.2 Å². The van der Waals surface area contributed by atoms with Crippen molar-refractivity contribution in [1.29, 1.82) is 0 Å². The molecule has 29 heavy (non-hydrogen) atoms. The summed E-state index contributed by atoms with van der Waals surface area (Å²) in [7, 11) is 1.86. The van der Waals surface area contributed by atoms with E-state index in [1.807, 2.05) is 30.7 Å². The van der Waals surface area contributed by atoms with Crippen molar-refractivity contribution in [2.75, 3.05) is 0 Å². The molecule has 3 aromatic rings. The van der Waals surface area contributed by atoms with Gasteiger partial charge in [-0.15, -0.1) is 10.2 Å². The number of benzene rings is 2. The second-order valence-electron chi connectivity index (χ2n) is 6.26. The first-order chi connectivity index (χ1) is 13.8. The molecule has 0 aliphatic carbocycles. The number of nitrogens with one attached hydrogen (secondary N) is 1. The van der Waals surface area contributed by atoms with Crippen molar-refractivity contribution < 1.29 is 4.79 Å². The third kappa shape index (κ3) is 5.38. The van der Waals surface area contributed by atoms with Crippen molar-refractivity contribution in [1.82, 2.24) is 20.1 Å². The first kappa shape index (κ1) is 22.2. The van der Waals surface area contributed by atoms with Crippen molar-refractivity contribution in [3.63, 3.8) is 0 Å². The molecule has 3 rings (SSSR count). The quantitative estimate of drug-likeness (QED) is 0.418. The van der Waals surface area contributed by atoms with E-state index in [2.05, 4.69) is 15.5 Å². The third-order valence-corrected chi connectivity index (χ3v) is 6.71. The van der Waals surface area contributed by atoms with Crippen LogP contribution in [0, 0.1) is 0 Å². The Morgan fingerprint density at radius 3 is 2.34 bits per heavy atom. The van der Waals surface area contributed by atoms with Crippen molar-refractivity contribution in [3.05, 3.63) is 73.4 Å². The van der Waals surface area contributed by atoms with E-state index in [4.69, 9.17) is 46.4 Å². The predicted molar refractivity (Wildman–Crippen MR) is 119 cm³/mol. The minimum Gasteiger partial charge on any atom is -0.342 e. The smallest absolute Gasteiger partial charge is 0.251 e. The van der Waals surface area contributed by atoms with Crippen molar-refractivity contribution in [2.45, 2.75) is 23.9 Å². The molecule has 1 N–H and O–H groups in total. The Bertz CT molecular complexity index is 1060. The van der Waals surface area contributed by atoms with Crippen molar-refractivity contribution >= 4 is 64.1 Å². The molecule has 0 saturated heterocycles. The molecule has 1 atom stereocenters. The Morgan fingerprint density at radius 1 is 1.03 bits per heavy atom. The number of thioether (sulfide) groups is 1. The molecule has 0 aliphatic heterocycles. The van der Waals surface area contributed by atoms with E-state index < -0.39 is 0 Å².